The van der Waals surface area contributed by atoms with E-state index in [4.69, 9.17) is 5.11 Å². The molecule has 0 spiro atoms. The molecule has 1 aromatic rings. The number of carbonyl (C=O) groups is 1. The van der Waals surface area contributed by atoms with Crippen LogP contribution in [-0.2, 0) is 0 Å². The molecule has 0 saturated heterocycles. The summed E-state index contributed by atoms with van der Waals surface area (Å²) in [6.07, 6.45) is 3.20. The largest absolute Gasteiger partial charge is 0.478 e. The number of aromatic carboxylic acids is 1. The standard InChI is InChI=1S/C9H9N3O2/c13-9(14)7-2-1-3-11-8(7)12-5-4-10-6-12/h1-3,6H,4-5H2,(H,13,14). The molecule has 2 heterocycles. The summed E-state index contributed by atoms with van der Waals surface area (Å²) >= 11 is 0. The number of aromatic nitrogens is 1. The monoisotopic (exact) mass is 191 g/mol. The van der Waals surface area contributed by atoms with Crippen molar-refractivity contribution < 1.29 is 9.90 Å². The molecule has 1 aromatic heterocycles. The third kappa shape index (κ3) is 1.44. The molecule has 72 valence electrons. The van der Waals surface area contributed by atoms with E-state index in [1.54, 1.807) is 23.5 Å². The third-order valence-electron chi connectivity index (χ3n) is 1.98. The van der Waals surface area contributed by atoms with Crippen LogP contribution in [-0.4, -0.2) is 35.5 Å². The van der Waals surface area contributed by atoms with Gasteiger partial charge in [0.05, 0.1) is 12.9 Å². The molecule has 0 aliphatic carbocycles. The Hall–Kier alpha value is -1.91. The van der Waals surface area contributed by atoms with Crippen LogP contribution in [0.1, 0.15) is 10.4 Å². The van der Waals surface area contributed by atoms with Gasteiger partial charge < -0.3 is 10.0 Å². The number of carboxylic acid groups (broad SMARTS) is 1. The van der Waals surface area contributed by atoms with E-state index in [1.165, 1.54) is 6.07 Å². The van der Waals surface area contributed by atoms with E-state index in [2.05, 4.69) is 9.98 Å². The third-order valence-corrected chi connectivity index (χ3v) is 1.98. The first-order valence-corrected chi connectivity index (χ1v) is 4.24. The summed E-state index contributed by atoms with van der Waals surface area (Å²) < 4.78 is 0. The fourth-order valence-corrected chi connectivity index (χ4v) is 1.33. The quantitative estimate of drug-likeness (QED) is 0.744. The van der Waals surface area contributed by atoms with Crippen LogP contribution < -0.4 is 4.90 Å². The lowest BCUT2D eigenvalue weighted by Gasteiger charge is -2.14. The van der Waals surface area contributed by atoms with Gasteiger partial charge in [-0.2, -0.15) is 0 Å². The molecular weight excluding hydrogens is 182 g/mol. The van der Waals surface area contributed by atoms with Crippen molar-refractivity contribution in [2.75, 3.05) is 18.0 Å². The van der Waals surface area contributed by atoms with Gasteiger partial charge in [0.15, 0.2) is 0 Å². The maximum atomic E-state index is 10.9. The first-order valence-electron chi connectivity index (χ1n) is 4.24. The van der Waals surface area contributed by atoms with E-state index in [9.17, 15) is 4.79 Å². The van der Waals surface area contributed by atoms with Gasteiger partial charge in [-0.25, -0.2) is 9.78 Å². The Labute approximate surface area is 80.7 Å². The SMILES string of the molecule is O=C(O)c1cccnc1N1C=NCC1. The van der Waals surface area contributed by atoms with E-state index in [1.807, 2.05) is 0 Å². The van der Waals surface area contributed by atoms with Crippen LogP contribution >= 0.6 is 0 Å². The lowest BCUT2D eigenvalue weighted by molar-refractivity contribution is 0.0697. The second-order valence-electron chi connectivity index (χ2n) is 2.89. The summed E-state index contributed by atoms with van der Waals surface area (Å²) in [5.41, 5.74) is 0.209. The van der Waals surface area contributed by atoms with Crippen molar-refractivity contribution in [3.8, 4) is 0 Å². The predicted molar refractivity (Wildman–Crippen MR) is 51.9 cm³/mol. The average molecular weight is 191 g/mol. The fraction of sp³-hybridized carbons (Fsp3) is 0.222. The Kier molecular flexibility index (Phi) is 2.14. The number of hydrogen-bond donors (Lipinski definition) is 1. The van der Waals surface area contributed by atoms with Crippen molar-refractivity contribution in [1.29, 1.82) is 0 Å². The number of rotatable bonds is 2. The number of hydrogen-bond acceptors (Lipinski definition) is 4. The number of pyridine rings is 1. The second-order valence-corrected chi connectivity index (χ2v) is 2.89. The van der Waals surface area contributed by atoms with Crippen LogP contribution in [0, 0.1) is 0 Å². The summed E-state index contributed by atoms with van der Waals surface area (Å²) in [4.78, 5) is 20.7. The van der Waals surface area contributed by atoms with Crippen molar-refractivity contribution in [2.24, 2.45) is 4.99 Å². The molecular formula is C9H9N3O2. The average Bonchev–Trinajstić information content (AvgIpc) is 2.70. The molecule has 1 N–H and O–H groups in total. The minimum absolute atomic E-state index is 0.209. The maximum Gasteiger partial charge on any atom is 0.339 e. The molecule has 2 rings (SSSR count). The minimum atomic E-state index is -0.964. The van der Waals surface area contributed by atoms with Gasteiger partial charge in [0.1, 0.15) is 11.4 Å². The Morgan fingerprint density at radius 1 is 1.57 bits per heavy atom. The van der Waals surface area contributed by atoms with E-state index < -0.39 is 5.97 Å². The van der Waals surface area contributed by atoms with Gasteiger partial charge in [-0.3, -0.25) is 4.99 Å². The summed E-state index contributed by atoms with van der Waals surface area (Å²) in [7, 11) is 0. The van der Waals surface area contributed by atoms with Gasteiger partial charge in [0.25, 0.3) is 0 Å². The molecule has 0 unspecified atom stereocenters. The van der Waals surface area contributed by atoms with Crippen molar-refractivity contribution >= 4 is 18.1 Å². The smallest absolute Gasteiger partial charge is 0.339 e. The summed E-state index contributed by atoms with van der Waals surface area (Å²) in [6, 6.07) is 3.15. The zero-order valence-electron chi connectivity index (χ0n) is 7.42. The van der Waals surface area contributed by atoms with E-state index in [0.29, 0.717) is 18.9 Å². The molecule has 1 aliphatic heterocycles. The van der Waals surface area contributed by atoms with Crippen molar-refractivity contribution in [1.82, 2.24) is 4.98 Å². The maximum absolute atomic E-state index is 10.9. The lowest BCUT2D eigenvalue weighted by atomic mass is 10.2. The van der Waals surface area contributed by atoms with E-state index in [0.717, 1.165) is 0 Å². The minimum Gasteiger partial charge on any atom is -0.478 e. The lowest BCUT2D eigenvalue weighted by Crippen LogP contribution is -2.22. The topological polar surface area (TPSA) is 65.8 Å². The van der Waals surface area contributed by atoms with Crippen LogP contribution in [0.3, 0.4) is 0 Å². The number of nitrogens with zero attached hydrogens (tertiary/aromatic N) is 3. The van der Waals surface area contributed by atoms with Crippen LogP contribution in [0.5, 0.6) is 0 Å². The summed E-state index contributed by atoms with van der Waals surface area (Å²) in [5.74, 6) is -0.505. The van der Waals surface area contributed by atoms with Gasteiger partial charge in [0, 0.05) is 12.7 Å². The highest BCUT2D eigenvalue weighted by Crippen LogP contribution is 2.17. The Morgan fingerprint density at radius 3 is 3.07 bits per heavy atom. The first-order chi connectivity index (χ1) is 6.79. The van der Waals surface area contributed by atoms with Gasteiger partial charge in [-0.1, -0.05) is 0 Å². The number of carboxylic acids is 1. The fourth-order valence-electron chi connectivity index (χ4n) is 1.33. The highest BCUT2D eigenvalue weighted by Gasteiger charge is 2.17. The van der Waals surface area contributed by atoms with Crippen LogP contribution in [0.4, 0.5) is 5.82 Å². The van der Waals surface area contributed by atoms with Crippen LogP contribution in [0.15, 0.2) is 23.3 Å². The van der Waals surface area contributed by atoms with Gasteiger partial charge in [0.2, 0.25) is 0 Å². The molecule has 0 aromatic carbocycles. The van der Waals surface area contributed by atoms with Gasteiger partial charge in [-0.05, 0) is 12.1 Å². The normalized spacial score (nSPS) is 14.7. The van der Waals surface area contributed by atoms with Crippen molar-refractivity contribution in [3.63, 3.8) is 0 Å². The highest BCUT2D eigenvalue weighted by molar-refractivity contribution is 5.96. The predicted octanol–water partition coefficient (Wildman–Crippen LogP) is 0.628. The van der Waals surface area contributed by atoms with Gasteiger partial charge >= 0.3 is 5.97 Å². The molecule has 5 heteroatoms. The van der Waals surface area contributed by atoms with E-state index >= 15 is 0 Å². The Balaban J connectivity index is 2.40. The van der Waals surface area contributed by atoms with E-state index in [-0.39, 0.29) is 5.56 Å². The summed E-state index contributed by atoms with van der Waals surface area (Å²) in [5, 5.41) is 8.91. The molecule has 0 fully saturated rings. The number of anilines is 1. The first kappa shape index (κ1) is 8.68. The molecule has 0 radical (unpaired) electrons. The molecule has 0 amide bonds. The zero-order valence-corrected chi connectivity index (χ0v) is 7.42. The molecule has 0 bridgehead atoms. The van der Waals surface area contributed by atoms with Crippen LogP contribution in [0.25, 0.3) is 0 Å². The molecule has 0 atom stereocenters. The molecule has 1 aliphatic rings. The zero-order chi connectivity index (χ0) is 9.97. The molecule has 0 saturated carbocycles. The molecule has 5 nitrogen and oxygen atoms in total. The Bertz CT molecular complexity index is 389. The number of aliphatic imine (C=N–C) groups is 1. The highest BCUT2D eigenvalue weighted by atomic mass is 16.4. The van der Waals surface area contributed by atoms with Gasteiger partial charge in [-0.15, -0.1) is 0 Å². The second kappa shape index (κ2) is 3.45. The van der Waals surface area contributed by atoms with Crippen LogP contribution in [0.2, 0.25) is 0 Å². The van der Waals surface area contributed by atoms with Crippen molar-refractivity contribution in [3.05, 3.63) is 23.9 Å². The van der Waals surface area contributed by atoms with Crippen molar-refractivity contribution in [2.45, 2.75) is 0 Å². The summed E-state index contributed by atoms with van der Waals surface area (Å²) in [6.45, 7) is 1.38. The molecule has 14 heavy (non-hydrogen) atoms. The Morgan fingerprint density at radius 2 is 2.43 bits per heavy atom.